The maximum atomic E-state index is 13.8. The zero-order valence-corrected chi connectivity index (χ0v) is 11.8. The summed E-state index contributed by atoms with van der Waals surface area (Å²) >= 11 is 0. The normalized spacial score (nSPS) is 18.8. The predicted octanol–water partition coefficient (Wildman–Crippen LogP) is 4.55. The van der Waals surface area contributed by atoms with Gasteiger partial charge in [-0.3, -0.25) is 0 Å². The van der Waals surface area contributed by atoms with Gasteiger partial charge in [0.05, 0.1) is 0 Å². The maximum Gasteiger partial charge on any atom is 0.126 e. The van der Waals surface area contributed by atoms with Crippen molar-refractivity contribution < 1.29 is 4.39 Å². The Kier molecular flexibility index (Phi) is 3.83. The highest BCUT2D eigenvalue weighted by atomic mass is 19.1. The molecule has 1 aliphatic carbocycles. The third kappa shape index (κ3) is 2.48. The number of fused-ring (bicyclic) bond motifs is 1. The number of benzene rings is 2. The molecule has 0 bridgehead atoms. The number of nitrogens with one attached hydrogen (secondary N) is 1. The van der Waals surface area contributed by atoms with Gasteiger partial charge in [0.15, 0.2) is 0 Å². The van der Waals surface area contributed by atoms with E-state index >= 15 is 0 Å². The summed E-state index contributed by atoms with van der Waals surface area (Å²) in [5.74, 6) is -0.0560. The first-order chi connectivity index (χ1) is 9.79. The van der Waals surface area contributed by atoms with Crippen molar-refractivity contribution in [2.24, 2.45) is 0 Å². The summed E-state index contributed by atoms with van der Waals surface area (Å²) in [4.78, 5) is 0. The van der Waals surface area contributed by atoms with Crippen LogP contribution in [0.1, 0.15) is 48.5 Å². The maximum absolute atomic E-state index is 13.8. The first-order valence-electron chi connectivity index (χ1n) is 7.38. The fourth-order valence-corrected chi connectivity index (χ4v) is 3.16. The minimum Gasteiger partial charge on any atom is -0.303 e. The van der Waals surface area contributed by atoms with Crippen LogP contribution in [0.4, 0.5) is 4.39 Å². The average molecular weight is 269 g/mol. The standard InChI is InChI=1S/C18H20FN/c1-2-17(13-7-4-3-5-8-13)20-18-12-11-14-15(18)9-6-10-16(14)19/h3-10,17-18,20H,2,11-12H2,1H3. The smallest absolute Gasteiger partial charge is 0.126 e. The Morgan fingerprint density at radius 3 is 2.70 bits per heavy atom. The lowest BCUT2D eigenvalue weighted by Crippen LogP contribution is -2.24. The predicted molar refractivity (Wildman–Crippen MR) is 80.1 cm³/mol. The SMILES string of the molecule is CCC(NC1CCc2c(F)cccc21)c1ccccc1. The first-order valence-corrected chi connectivity index (χ1v) is 7.38. The topological polar surface area (TPSA) is 12.0 Å². The molecule has 2 aromatic carbocycles. The summed E-state index contributed by atoms with van der Waals surface area (Å²) in [6.45, 7) is 2.19. The minimum atomic E-state index is -0.0560. The van der Waals surface area contributed by atoms with Gasteiger partial charge in [0.2, 0.25) is 0 Å². The van der Waals surface area contributed by atoms with Crippen LogP contribution in [0.15, 0.2) is 48.5 Å². The summed E-state index contributed by atoms with van der Waals surface area (Å²) in [5.41, 5.74) is 3.34. The highest BCUT2D eigenvalue weighted by Gasteiger charge is 2.26. The van der Waals surface area contributed by atoms with Crippen LogP contribution in [0.5, 0.6) is 0 Å². The van der Waals surface area contributed by atoms with Crippen molar-refractivity contribution in [2.45, 2.75) is 38.3 Å². The molecule has 1 aliphatic rings. The van der Waals surface area contributed by atoms with Gasteiger partial charge in [-0.15, -0.1) is 0 Å². The van der Waals surface area contributed by atoms with Gasteiger partial charge in [-0.25, -0.2) is 4.39 Å². The molecule has 2 heteroatoms. The van der Waals surface area contributed by atoms with E-state index in [4.69, 9.17) is 0 Å². The number of hydrogen-bond acceptors (Lipinski definition) is 1. The van der Waals surface area contributed by atoms with Crippen molar-refractivity contribution in [1.29, 1.82) is 0 Å². The van der Waals surface area contributed by atoms with Gasteiger partial charge in [0.1, 0.15) is 5.82 Å². The molecular weight excluding hydrogens is 249 g/mol. The van der Waals surface area contributed by atoms with Crippen LogP contribution in [0, 0.1) is 5.82 Å². The fraction of sp³-hybridized carbons (Fsp3) is 0.333. The summed E-state index contributed by atoms with van der Waals surface area (Å²) in [5, 5.41) is 3.70. The van der Waals surface area contributed by atoms with E-state index in [1.165, 1.54) is 5.56 Å². The minimum absolute atomic E-state index is 0.0560. The molecule has 104 valence electrons. The Bertz CT molecular complexity index is 579. The molecule has 0 fully saturated rings. The van der Waals surface area contributed by atoms with Gasteiger partial charge in [0, 0.05) is 12.1 Å². The van der Waals surface area contributed by atoms with Crippen LogP contribution in [0.2, 0.25) is 0 Å². The molecule has 0 radical (unpaired) electrons. The molecule has 1 N–H and O–H groups in total. The molecular formula is C18H20FN. The van der Waals surface area contributed by atoms with Crippen molar-refractivity contribution in [2.75, 3.05) is 0 Å². The van der Waals surface area contributed by atoms with Crippen molar-refractivity contribution in [3.05, 3.63) is 71.0 Å². The first kappa shape index (κ1) is 13.3. The molecule has 0 saturated carbocycles. The Balaban J connectivity index is 1.81. The molecule has 0 aromatic heterocycles. The molecule has 0 amide bonds. The molecule has 0 heterocycles. The lowest BCUT2D eigenvalue weighted by atomic mass is 10.0. The fourth-order valence-electron chi connectivity index (χ4n) is 3.16. The highest BCUT2D eigenvalue weighted by molar-refractivity contribution is 5.36. The zero-order valence-electron chi connectivity index (χ0n) is 11.8. The van der Waals surface area contributed by atoms with E-state index in [9.17, 15) is 4.39 Å². The van der Waals surface area contributed by atoms with Crippen molar-refractivity contribution >= 4 is 0 Å². The second-order valence-corrected chi connectivity index (χ2v) is 5.44. The second-order valence-electron chi connectivity index (χ2n) is 5.44. The molecule has 0 aliphatic heterocycles. The Labute approximate surface area is 119 Å². The van der Waals surface area contributed by atoms with Gasteiger partial charge in [0.25, 0.3) is 0 Å². The van der Waals surface area contributed by atoms with Crippen LogP contribution in [0.3, 0.4) is 0 Å². The summed E-state index contributed by atoms with van der Waals surface area (Å²) in [6, 6.07) is 16.5. The van der Waals surface area contributed by atoms with Crippen LogP contribution in [-0.2, 0) is 6.42 Å². The van der Waals surface area contributed by atoms with Gasteiger partial charge in [-0.05, 0) is 42.0 Å². The Morgan fingerprint density at radius 1 is 1.15 bits per heavy atom. The van der Waals surface area contributed by atoms with Gasteiger partial charge in [-0.1, -0.05) is 49.4 Å². The van der Waals surface area contributed by atoms with E-state index in [0.29, 0.717) is 6.04 Å². The zero-order chi connectivity index (χ0) is 13.9. The average Bonchev–Trinajstić information content (AvgIpc) is 2.90. The Morgan fingerprint density at radius 2 is 1.95 bits per heavy atom. The Hall–Kier alpha value is -1.67. The third-order valence-corrected chi connectivity index (χ3v) is 4.23. The molecule has 0 spiro atoms. The van der Waals surface area contributed by atoms with Crippen LogP contribution in [-0.4, -0.2) is 0 Å². The van der Waals surface area contributed by atoms with E-state index in [-0.39, 0.29) is 11.9 Å². The molecule has 2 atom stereocenters. The van der Waals surface area contributed by atoms with E-state index in [1.807, 2.05) is 12.1 Å². The van der Waals surface area contributed by atoms with E-state index < -0.39 is 0 Å². The molecule has 2 aromatic rings. The molecule has 20 heavy (non-hydrogen) atoms. The van der Waals surface area contributed by atoms with E-state index in [0.717, 1.165) is 30.4 Å². The molecule has 2 unspecified atom stereocenters. The van der Waals surface area contributed by atoms with Crippen LogP contribution < -0.4 is 5.32 Å². The number of hydrogen-bond donors (Lipinski definition) is 1. The van der Waals surface area contributed by atoms with Crippen LogP contribution >= 0.6 is 0 Å². The highest BCUT2D eigenvalue weighted by Crippen LogP contribution is 2.34. The van der Waals surface area contributed by atoms with Crippen molar-refractivity contribution in [3.63, 3.8) is 0 Å². The summed E-state index contributed by atoms with van der Waals surface area (Å²) < 4.78 is 13.8. The molecule has 3 rings (SSSR count). The largest absolute Gasteiger partial charge is 0.303 e. The van der Waals surface area contributed by atoms with Gasteiger partial charge in [-0.2, -0.15) is 0 Å². The lowest BCUT2D eigenvalue weighted by Gasteiger charge is -2.23. The van der Waals surface area contributed by atoms with E-state index in [1.54, 1.807) is 6.07 Å². The van der Waals surface area contributed by atoms with Crippen LogP contribution in [0.25, 0.3) is 0 Å². The molecule has 1 nitrogen and oxygen atoms in total. The quantitative estimate of drug-likeness (QED) is 0.858. The lowest BCUT2D eigenvalue weighted by molar-refractivity contribution is 0.433. The van der Waals surface area contributed by atoms with E-state index in [2.05, 4.69) is 42.6 Å². The summed E-state index contributed by atoms with van der Waals surface area (Å²) in [6.07, 6.45) is 2.86. The third-order valence-electron chi connectivity index (χ3n) is 4.23. The van der Waals surface area contributed by atoms with Crippen molar-refractivity contribution in [3.8, 4) is 0 Å². The summed E-state index contributed by atoms with van der Waals surface area (Å²) in [7, 11) is 0. The van der Waals surface area contributed by atoms with Gasteiger partial charge >= 0.3 is 0 Å². The number of rotatable bonds is 4. The number of halogens is 1. The second kappa shape index (κ2) is 5.76. The van der Waals surface area contributed by atoms with Gasteiger partial charge < -0.3 is 5.32 Å². The molecule has 0 saturated heterocycles. The monoisotopic (exact) mass is 269 g/mol. The van der Waals surface area contributed by atoms with Crippen molar-refractivity contribution in [1.82, 2.24) is 5.32 Å².